The molecule has 0 aromatic carbocycles. The molecule has 2 heteroatoms. The van der Waals surface area contributed by atoms with E-state index >= 15 is 0 Å². The van der Waals surface area contributed by atoms with Gasteiger partial charge in [-0.1, -0.05) is 6.42 Å². The van der Waals surface area contributed by atoms with Crippen LogP contribution in [-0.4, -0.2) is 35.7 Å². The van der Waals surface area contributed by atoms with E-state index in [0.717, 1.165) is 30.8 Å². The molecule has 1 saturated heterocycles. The molecule has 13 heavy (non-hydrogen) atoms. The second kappa shape index (κ2) is 2.96. The number of fused-ring (bicyclic) bond motifs is 2. The topological polar surface area (TPSA) is 23.5 Å². The summed E-state index contributed by atoms with van der Waals surface area (Å²) < 4.78 is 0. The number of β-amino-alcohol motifs (C(OH)–C–C–N with tert-alkyl or cyclic N) is 1. The summed E-state index contributed by atoms with van der Waals surface area (Å²) in [5, 5.41) is 9.18. The number of likely N-dealkylation sites (tertiary alicyclic amines) is 1. The van der Waals surface area contributed by atoms with Gasteiger partial charge in [0.05, 0.1) is 6.10 Å². The van der Waals surface area contributed by atoms with E-state index in [4.69, 9.17) is 0 Å². The van der Waals surface area contributed by atoms with Crippen LogP contribution in [0.5, 0.6) is 0 Å². The van der Waals surface area contributed by atoms with Crippen LogP contribution < -0.4 is 0 Å². The zero-order chi connectivity index (χ0) is 8.84. The molecule has 0 amide bonds. The van der Waals surface area contributed by atoms with Gasteiger partial charge in [0.25, 0.3) is 0 Å². The van der Waals surface area contributed by atoms with Crippen LogP contribution in [-0.2, 0) is 0 Å². The number of aliphatic hydroxyl groups excluding tert-OH is 1. The Balaban J connectivity index is 1.51. The Morgan fingerprint density at radius 2 is 2.00 bits per heavy atom. The lowest BCUT2D eigenvalue weighted by atomic mass is 9.88. The van der Waals surface area contributed by atoms with Gasteiger partial charge in [-0.15, -0.1) is 0 Å². The Bertz CT molecular complexity index is 200. The zero-order valence-corrected chi connectivity index (χ0v) is 8.15. The van der Waals surface area contributed by atoms with Crippen LogP contribution in [0, 0.1) is 17.8 Å². The van der Waals surface area contributed by atoms with Gasteiger partial charge in [-0.2, -0.15) is 0 Å². The van der Waals surface area contributed by atoms with Crippen molar-refractivity contribution in [3.05, 3.63) is 0 Å². The van der Waals surface area contributed by atoms with E-state index < -0.39 is 0 Å². The Kier molecular flexibility index (Phi) is 1.88. The van der Waals surface area contributed by atoms with Gasteiger partial charge in [-0.3, -0.25) is 4.90 Å². The van der Waals surface area contributed by atoms with Gasteiger partial charge in [0, 0.05) is 19.6 Å². The minimum absolute atomic E-state index is 0.0152. The lowest BCUT2D eigenvalue weighted by Crippen LogP contribution is -2.52. The van der Waals surface area contributed by atoms with Crippen LogP contribution in [0.3, 0.4) is 0 Å². The highest BCUT2D eigenvalue weighted by Crippen LogP contribution is 2.48. The highest BCUT2D eigenvalue weighted by atomic mass is 16.3. The molecule has 0 aromatic rings. The predicted molar refractivity (Wildman–Crippen MR) is 51.4 cm³/mol. The molecule has 3 rings (SSSR count). The summed E-state index contributed by atoms with van der Waals surface area (Å²) in [6, 6.07) is 0. The van der Waals surface area contributed by atoms with E-state index in [1.165, 1.54) is 32.2 Å². The van der Waals surface area contributed by atoms with Gasteiger partial charge in [0.2, 0.25) is 0 Å². The molecule has 1 aliphatic heterocycles. The van der Waals surface area contributed by atoms with Crippen molar-refractivity contribution in [3.63, 3.8) is 0 Å². The molecule has 2 saturated carbocycles. The molecule has 2 aliphatic carbocycles. The van der Waals surface area contributed by atoms with Gasteiger partial charge in [-0.05, 0) is 37.0 Å². The van der Waals surface area contributed by atoms with Crippen molar-refractivity contribution in [2.45, 2.75) is 31.8 Å². The minimum Gasteiger partial charge on any atom is -0.390 e. The molecule has 1 N–H and O–H groups in total. The molecule has 3 atom stereocenters. The lowest BCUT2D eigenvalue weighted by molar-refractivity contribution is -0.0112. The summed E-state index contributed by atoms with van der Waals surface area (Å²) in [7, 11) is 0. The maximum absolute atomic E-state index is 9.18. The molecule has 0 radical (unpaired) electrons. The normalized spacial score (nSPS) is 45.5. The number of aliphatic hydroxyl groups is 1. The van der Waals surface area contributed by atoms with Gasteiger partial charge in [0.1, 0.15) is 0 Å². The van der Waals surface area contributed by atoms with Gasteiger partial charge in [-0.25, -0.2) is 0 Å². The Hall–Kier alpha value is -0.0800. The summed E-state index contributed by atoms with van der Waals surface area (Å²) in [5.41, 5.74) is 0. The predicted octanol–water partition coefficient (Wildman–Crippen LogP) is 1.10. The maximum Gasteiger partial charge on any atom is 0.0793 e. The fourth-order valence-electron chi connectivity index (χ4n) is 3.62. The lowest BCUT2D eigenvalue weighted by Gasteiger charge is -2.39. The van der Waals surface area contributed by atoms with E-state index in [0.29, 0.717) is 0 Å². The van der Waals surface area contributed by atoms with Crippen molar-refractivity contribution in [2.75, 3.05) is 19.6 Å². The average molecular weight is 181 g/mol. The van der Waals surface area contributed by atoms with Crippen molar-refractivity contribution in [3.8, 4) is 0 Å². The molecule has 1 heterocycles. The van der Waals surface area contributed by atoms with Crippen molar-refractivity contribution in [2.24, 2.45) is 17.8 Å². The first-order chi connectivity index (χ1) is 6.31. The first kappa shape index (κ1) is 8.25. The summed E-state index contributed by atoms with van der Waals surface area (Å²) in [5.74, 6) is 3.09. The average Bonchev–Trinajstić information content (AvgIpc) is 2.62. The SMILES string of the molecule is OC1CN(CC2CC3CCC2C3)C1. The Morgan fingerprint density at radius 3 is 2.54 bits per heavy atom. The van der Waals surface area contributed by atoms with E-state index in [9.17, 15) is 5.11 Å². The van der Waals surface area contributed by atoms with Gasteiger partial charge < -0.3 is 5.11 Å². The first-order valence-corrected chi connectivity index (χ1v) is 5.71. The Labute approximate surface area is 79.9 Å². The number of rotatable bonds is 2. The largest absolute Gasteiger partial charge is 0.390 e. The van der Waals surface area contributed by atoms with E-state index in [1.54, 1.807) is 0 Å². The van der Waals surface area contributed by atoms with Crippen molar-refractivity contribution in [1.29, 1.82) is 0 Å². The van der Waals surface area contributed by atoms with Crippen LogP contribution in [0.4, 0.5) is 0 Å². The van der Waals surface area contributed by atoms with Crippen molar-refractivity contribution in [1.82, 2.24) is 4.90 Å². The third kappa shape index (κ3) is 1.40. The highest BCUT2D eigenvalue weighted by molar-refractivity contribution is 4.93. The van der Waals surface area contributed by atoms with E-state index in [1.807, 2.05) is 0 Å². The van der Waals surface area contributed by atoms with Crippen LogP contribution in [0.2, 0.25) is 0 Å². The molecular formula is C11H19NO. The molecule has 3 unspecified atom stereocenters. The molecule has 3 fully saturated rings. The third-order valence-corrected chi connectivity index (χ3v) is 4.32. The number of nitrogens with zero attached hydrogens (tertiary/aromatic N) is 1. The fourth-order valence-corrected chi connectivity index (χ4v) is 3.62. The maximum atomic E-state index is 9.18. The fraction of sp³-hybridized carbons (Fsp3) is 1.00. The van der Waals surface area contributed by atoms with Crippen molar-refractivity contribution >= 4 is 0 Å². The molecule has 2 nitrogen and oxygen atoms in total. The van der Waals surface area contributed by atoms with Crippen LogP contribution >= 0.6 is 0 Å². The minimum atomic E-state index is -0.0152. The number of hydrogen-bond donors (Lipinski definition) is 1. The molecule has 0 aromatic heterocycles. The molecule has 3 aliphatic rings. The van der Waals surface area contributed by atoms with Gasteiger partial charge in [0.15, 0.2) is 0 Å². The summed E-state index contributed by atoms with van der Waals surface area (Å²) in [6.07, 6.45) is 5.98. The second-order valence-corrected chi connectivity index (χ2v) is 5.31. The first-order valence-electron chi connectivity index (χ1n) is 5.71. The van der Waals surface area contributed by atoms with Crippen LogP contribution in [0.15, 0.2) is 0 Å². The third-order valence-electron chi connectivity index (χ3n) is 4.32. The van der Waals surface area contributed by atoms with Crippen LogP contribution in [0.25, 0.3) is 0 Å². The number of hydrogen-bond acceptors (Lipinski definition) is 2. The van der Waals surface area contributed by atoms with Crippen molar-refractivity contribution < 1.29 is 5.11 Å². The molecular weight excluding hydrogens is 162 g/mol. The molecule has 0 spiro atoms. The Morgan fingerprint density at radius 1 is 1.15 bits per heavy atom. The van der Waals surface area contributed by atoms with Crippen LogP contribution in [0.1, 0.15) is 25.7 Å². The zero-order valence-electron chi connectivity index (χ0n) is 8.15. The highest BCUT2D eigenvalue weighted by Gasteiger charge is 2.41. The standard InChI is InChI=1S/C11H19NO/c13-11-6-12(7-11)5-10-4-8-1-2-9(10)3-8/h8-11,13H,1-7H2. The van der Waals surface area contributed by atoms with E-state index in [2.05, 4.69) is 4.90 Å². The summed E-state index contributed by atoms with van der Waals surface area (Å²) >= 11 is 0. The van der Waals surface area contributed by atoms with E-state index in [-0.39, 0.29) is 6.10 Å². The summed E-state index contributed by atoms with van der Waals surface area (Å²) in [6.45, 7) is 3.15. The summed E-state index contributed by atoms with van der Waals surface area (Å²) in [4.78, 5) is 2.43. The molecule has 2 bridgehead atoms. The quantitative estimate of drug-likeness (QED) is 0.689. The van der Waals surface area contributed by atoms with Gasteiger partial charge >= 0.3 is 0 Å². The second-order valence-electron chi connectivity index (χ2n) is 5.31. The smallest absolute Gasteiger partial charge is 0.0793 e. The monoisotopic (exact) mass is 181 g/mol. The molecule has 74 valence electrons.